The smallest absolute Gasteiger partial charge is 0.259 e. The van der Waals surface area contributed by atoms with Crippen molar-refractivity contribution < 1.29 is 9.32 Å². The van der Waals surface area contributed by atoms with Gasteiger partial charge in [0.15, 0.2) is 0 Å². The minimum atomic E-state index is -0.0202. The number of nitrogens with zero attached hydrogens (tertiary/aromatic N) is 3. The number of hydrogen-bond acceptors (Lipinski definition) is 4. The van der Waals surface area contributed by atoms with Gasteiger partial charge in [-0.1, -0.05) is 21.1 Å². The van der Waals surface area contributed by atoms with Crippen LogP contribution in [0.25, 0.3) is 11.1 Å². The van der Waals surface area contributed by atoms with Gasteiger partial charge >= 0.3 is 0 Å². The predicted molar refractivity (Wildman–Crippen MR) is 100 cm³/mol. The van der Waals surface area contributed by atoms with E-state index < -0.39 is 0 Å². The Morgan fingerprint density at radius 3 is 2.84 bits per heavy atom. The summed E-state index contributed by atoms with van der Waals surface area (Å²) < 4.78 is 6.33. The lowest BCUT2D eigenvalue weighted by Gasteiger charge is -2.31. The Kier molecular flexibility index (Phi) is 3.87. The molecule has 0 saturated carbocycles. The number of carbonyl (C=O) groups is 1. The Bertz CT molecular complexity index is 1010. The summed E-state index contributed by atoms with van der Waals surface area (Å²) in [6.07, 6.45) is 1.93. The van der Waals surface area contributed by atoms with Crippen LogP contribution in [0.3, 0.4) is 0 Å². The number of amides is 1. The molecule has 0 atom stereocenters. The normalized spacial score (nSPS) is 14.0. The molecule has 1 amide bonds. The summed E-state index contributed by atoms with van der Waals surface area (Å²) in [5.74, 6) is -0.0202. The highest BCUT2D eigenvalue weighted by molar-refractivity contribution is 9.10. The van der Waals surface area contributed by atoms with Crippen molar-refractivity contribution in [2.24, 2.45) is 0 Å². The standard InChI is InChI=1S/C19H18BrN3O2/c1-10-7-14(20)9-13-5-4-6-23(17(10)13)19(24)15-8-11(2)21-18-16(15)12(3)22-25-18/h7-9H,4-6H2,1-3H3. The molecule has 0 aliphatic carbocycles. The van der Waals surface area contributed by atoms with E-state index >= 15 is 0 Å². The van der Waals surface area contributed by atoms with Crippen LogP contribution in [-0.2, 0) is 6.42 Å². The lowest BCUT2D eigenvalue weighted by molar-refractivity contribution is 0.0986. The second-order valence-electron chi connectivity index (χ2n) is 6.55. The van der Waals surface area contributed by atoms with Crippen LogP contribution in [0.5, 0.6) is 0 Å². The van der Waals surface area contributed by atoms with E-state index in [1.54, 1.807) is 0 Å². The number of rotatable bonds is 1. The van der Waals surface area contributed by atoms with E-state index in [1.165, 1.54) is 5.56 Å². The average molecular weight is 400 g/mol. The topological polar surface area (TPSA) is 59.2 Å². The molecule has 3 aromatic rings. The molecule has 5 nitrogen and oxygen atoms in total. The molecular weight excluding hydrogens is 382 g/mol. The highest BCUT2D eigenvalue weighted by Gasteiger charge is 2.28. The summed E-state index contributed by atoms with van der Waals surface area (Å²) >= 11 is 3.56. The van der Waals surface area contributed by atoms with Crippen molar-refractivity contribution in [1.82, 2.24) is 10.1 Å². The molecule has 1 aliphatic rings. The Hall–Kier alpha value is -2.21. The lowest BCUT2D eigenvalue weighted by Crippen LogP contribution is -2.36. The van der Waals surface area contributed by atoms with Crippen molar-refractivity contribution in [2.75, 3.05) is 11.4 Å². The van der Waals surface area contributed by atoms with Crippen molar-refractivity contribution in [1.29, 1.82) is 0 Å². The fourth-order valence-electron chi connectivity index (χ4n) is 3.66. The monoisotopic (exact) mass is 399 g/mol. The highest BCUT2D eigenvalue weighted by Crippen LogP contribution is 2.35. The largest absolute Gasteiger partial charge is 0.336 e. The Balaban J connectivity index is 1.88. The summed E-state index contributed by atoms with van der Waals surface area (Å²) in [6, 6.07) is 6.00. The Morgan fingerprint density at radius 1 is 1.24 bits per heavy atom. The van der Waals surface area contributed by atoms with Crippen molar-refractivity contribution in [3.8, 4) is 0 Å². The first-order valence-corrected chi connectivity index (χ1v) is 9.09. The molecule has 6 heteroatoms. The third-order valence-corrected chi connectivity index (χ3v) is 5.12. The minimum Gasteiger partial charge on any atom is -0.336 e. The molecule has 1 aromatic carbocycles. The number of pyridine rings is 1. The van der Waals surface area contributed by atoms with Gasteiger partial charge in [-0.15, -0.1) is 0 Å². The summed E-state index contributed by atoms with van der Waals surface area (Å²) in [4.78, 5) is 19.7. The first-order valence-electron chi connectivity index (χ1n) is 8.30. The number of aryl methyl sites for hydroxylation is 4. The third kappa shape index (κ3) is 2.65. The molecule has 3 heterocycles. The van der Waals surface area contributed by atoms with Crippen LogP contribution >= 0.6 is 15.9 Å². The maximum atomic E-state index is 13.4. The van der Waals surface area contributed by atoms with Crippen LogP contribution in [0, 0.1) is 20.8 Å². The predicted octanol–water partition coefficient (Wildman–Crippen LogP) is 4.50. The molecule has 0 radical (unpaired) electrons. The van der Waals surface area contributed by atoms with Gasteiger partial charge in [0.1, 0.15) is 0 Å². The fraction of sp³-hybridized carbons (Fsp3) is 0.316. The van der Waals surface area contributed by atoms with Gasteiger partial charge in [0.25, 0.3) is 11.6 Å². The molecule has 25 heavy (non-hydrogen) atoms. The van der Waals surface area contributed by atoms with Gasteiger partial charge in [-0.05, 0) is 62.9 Å². The molecule has 0 fully saturated rings. The summed E-state index contributed by atoms with van der Waals surface area (Å²) in [5, 5.41) is 4.69. The Labute approximate surface area is 154 Å². The molecule has 0 bridgehead atoms. The van der Waals surface area contributed by atoms with Gasteiger partial charge in [0.2, 0.25) is 0 Å². The van der Waals surface area contributed by atoms with E-state index in [4.69, 9.17) is 4.52 Å². The maximum absolute atomic E-state index is 13.4. The summed E-state index contributed by atoms with van der Waals surface area (Å²) in [6.45, 7) is 6.46. The van der Waals surface area contributed by atoms with Gasteiger partial charge in [0, 0.05) is 16.7 Å². The lowest BCUT2D eigenvalue weighted by atomic mass is 9.97. The molecule has 0 N–H and O–H groups in total. The van der Waals surface area contributed by atoms with Crippen molar-refractivity contribution in [3.05, 3.63) is 50.8 Å². The number of anilines is 1. The number of halogens is 1. The Morgan fingerprint density at radius 2 is 2.04 bits per heavy atom. The average Bonchev–Trinajstić information content (AvgIpc) is 2.93. The van der Waals surface area contributed by atoms with Crippen LogP contribution in [0.4, 0.5) is 5.69 Å². The molecule has 2 aromatic heterocycles. The number of fused-ring (bicyclic) bond motifs is 2. The van der Waals surface area contributed by atoms with E-state index in [2.05, 4.69) is 38.2 Å². The second kappa shape index (κ2) is 5.95. The van der Waals surface area contributed by atoms with Crippen molar-refractivity contribution in [2.45, 2.75) is 33.6 Å². The van der Waals surface area contributed by atoms with E-state index in [9.17, 15) is 4.79 Å². The molecule has 0 unspecified atom stereocenters. The van der Waals surface area contributed by atoms with Crippen LogP contribution in [-0.4, -0.2) is 22.6 Å². The second-order valence-corrected chi connectivity index (χ2v) is 7.47. The van der Waals surface area contributed by atoms with Crippen LogP contribution < -0.4 is 4.90 Å². The van der Waals surface area contributed by atoms with E-state index in [1.807, 2.05) is 31.7 Å². The molecule has 4 rings (SSSR count). The third-order valence-electron chi connectivity index (χ3n) is 4.66. The number of aromatic nitrogens is 2. The van der Waals surface area contributed by atoms with Gasteiger partial charge < -0.3 is 9.42 Å². The number of benzene rings is 1. The molecule has 0 saturated heterocycles. The first-order chi connectivity index (χ1) is 12.0. The SMILES string of the molecule is Cc1cc(C(=O)N2CCCc3cc(Br)cc(C)c32)c2c(C)noc2n1. The molecular formula is C19H18BrN3O2. The van der Waals surface area contributed by atoms with E-state index in [0.717, 1.165) is 34.3 Å². The molecule has 128 valence electrons. The zero-order valence-corrected chi connectivity index (χ0v) is 16.0. The maximum Gasteiger partial charge on any atom is 0.259 e. The van der Waals surface area contributed by atoms with Gasteiger partial charge in [-0.3, -0.25) is 4.79 Å². The minimum absolute atomic E-state index is 0.0202. The van der Waals surface area contributed by atoms with Crippen molar-refractivity contribution >= 4 is 38.6 Å². The van der Waals surface area contributed by atoms with Crippen molar-refractivity contribution in [3.63, 3.8) is 0 Å². The van der Waals surface area contributed by atoms with E-state index in [-0.39, 0.29) is 5.91 Å². The van der Waals surface area contributed by atoms with Crippen LogP contribution in [0.2, 0.25) is 0 Å². The number of carbonyl (C=O) groups excluding carboxylic acids is 1. The zero-order chi connectivity index (χ0) is 17.7. The summed E-state index contributed by atoms with van der Waals surface area (Å²) in [7, 11) is 0. The van der Waals surface area contributed by atoms with Gasteiger partial charge in [0.05, 0.1) is 22.3 Å². The van der Waals surface area contributed by atoms with Crippen LogP contribution in [0.1, 0.15) is 39.3 Å². The van der Waals surface area contributed by atoms with Crippen LogP contribution in [0.15, 0.2) is 27.2 Å². The first kappa shape index (κ1) is 16.3. The molecule has 0 spiro atoms. The van der Waals surface area contributed by atoms with Gasteiger partial charge in [-0.2, -0.15) is 0 Å². The zero-order valence-electron chi connectivity index (χ0n) is 14.4. The van der Waals surface area contributed by atoms with Gasteiger partial charge in [-0.25, -0.2) is 4.98 Å². The van der Waals surface area contributed by atoms with E-state index in [0.29, 0.717) is 28.9 Å². The quantitative estimate of drug-likeness (QED) is 0.604. The highest BCUT2D eigenvalue weighted by atomic mass is 79.9. The summed E-state index contributed by atoms with van der Waals surface area (Å²) in [5.41, 5.74) is 5.79. The fourth-order valence-corrected chi connectivity index (χ4v) is 4.28. The number of hydrogen-bond donors (Lipinski definition) is 0. The molecule has 1 aliphatic heterocycles.